The van der Waals surface area contributed by atoms with Gasteiger partial charge >= 0.3 is 5.97 Å². The van der Waals surface area contributed by atoms with Gasteiger partial charge in [0.15, 0.2) is 0 Å². The van der Waals surface area contributed by atoms with E-state index in [2.05, 4.69) is 17.5 Å². The molecule has 0 saturated heterocycles. The fourth-order valence-electron chi connectivity index (χ4n) is 3.47. The minimum absolute atomic E-state index is 0.0694. The molecule has 2 aromatic carbocycles. The first-order chi connectivity index (χ1) is 16.6. The number of ether oxygens (including phenoxy) is 2. The summed E-state index contributed by atoms with van der Waals surface area (Å²) in [7, 11) is 0. The molecule has 0 bridgehead atoms. The topological polar surface area (TPSA) is 77.0 Å². The Hall–Kier alpha value is -3.15. The monoisotopic (exact) mass is 466 g/mol. The minimum Gasteiger partial charge on any atom is -0.494 e. The lowest BCUT2D eigenvalue weighted by Gasteiger charge is -2.06. The lowest BCUT2D eigenvalue weighted by atomic mass is 10.1. The molecule has 0 aliphatic carbocycles. The quantitative estimate of drug-likeness (QED) is 0.0984. The van der Waals surface area contributed by atoms with Gasteiger partial charge < -0.3 is 9.47 Å². The maximum Gasteiger partial charge on any atom is 0.343 e. The molecule has 34 heavy (non-hydrogen) atoms. The number of nitrogens with zero attached hydrogens (tertiary/aromatic N) is 1. The van der Waals surface area contributed by atoms with E-state index < -0.39 is 5.97 Å². The number of rotatable bonds is 16. The third kappa shape index (κ3) is 11.1. The molecule has 0 aliphatic rings. The first-order valence-corrected chi connectivity index (χ1v) is 12.5. The molecule has 0 fully saturated rings. The van der Waals surface area contributed by atoms with E-state index in [0.29, 0.717) is 30.1 Å². The maximum absolute atomic E-state index is 12.3. The lowest BCUT2D eigenvalue weighted by Crippen LogP contribution is -2.16. The van der Waals surface area contributed by atoms with E-state index in [-0.39, 0.29) is 5.91 Å². The first kappa shape index (κ1) is 27.1. The number of unbranched alkanes of at least 4 members (excludes halogenated alkanes) is 8. The highest BCUT2D eigenvalue weighted by molar-refractivity contribution is 5.91. The van der Waals surface area contributed by atoms with Gasteiger partial charge in [0.2, 0.25) is 5.91 Å². The minimum atomic E-state index is -0.437. The number of hydrazone groups is 1. The smallest absolute Gasteiger partial charge is 0.343 e. The summed E-state index contributed by atoms with van der Waals surface area (Å²) in [4.78, 5) is 24.2. The highest BCUT2D eigenvalue weighted by atomic mass is 16.5. The Kier molecular flexibility index (Phi) is 13.1. The van der Waals surface area contributed by atoms with E-state index in [1.807, 2.05) is 6.92 Å². The summed E-state index contributed by atoms with van der Waals surface area (Å²) in [6.45, 7) is 4.71. The molecule has 1 amide bonds. The molecule has 0 saturated carbocycles. The van der Waals surface area contributed by atoms with E-state index in [4.69, 9.17) is 9.47 Å². The van der Waals surface area contributed by atoms with Crippen molar-refractivity contribution in [1.29, 1.82) is 0 Å². The van der Waals surface area contributed by atoms with Gasteiger partial charge in [-0.05, 0) is 67.4 Å². The average molecular weight is 467 g/mol. The summed E-state index contributed by atoms with van der Waals surface area (Å²) in [5, 5.41) is 4.02. The predicted octanol–water partition coefficient (Wildman–Crippen LogP) is 6.68. The normalized spacial score (nSPS) is 10.9. The van der Waals surface area contributed by atoms with Crippen molar-refractivity contribution in [2.45, 2.75) is 78.1 Å². The van der Waals surface area contributed by atoms with E-state index >= 15 is 0 Å². The number of amides is 1. The number of hydrogen-bond donors (Lipinski definition) is 1. The van der Waals surface area contributed by atoms with Gasteiger partial charge in [-0.15, -0.1) is 0 Å². The summed E-state index contributed by atoms with van der Waals surface area (Å²) < 4.78 is 10.8. The number of nitrogens with one attached hydrogen (secondary N) is 1. The van der Waals surface area contributed by atoms with E-state index in [1.54, 1.807) is 54.7 Å². The van der Waals surface area contributed by atoms with Crippen LogP contribution in [0.4, 0.5) is 0 Å². The van der Waals surface area contributed by atoms with Crippen LogP contribution < -0.4 is 14.9 Å². The van der Waals surface area contributed by atoms with E-state index in [9.17, 15) is 9.59 Å². The number of hydrogen-bond acceptors (Lipinski definition) is 5. The van der Waals surface area contributed by atoms with Crippen molar-refractivity contribution < 1.29 is 19.1 Å². The van der Waals surface area contributed by atoms with Gasteiger partial charge in [-0.2, -0.15) is 5.10 Å². The Morgan fingerprint density at radius 1 is 0.794 bits per heavy atom. The van der Waals surface area contributed by atoms with Gasteiger partial charge in [0, 0.05) is 6.42 Å². The summed E-state index contributed by atoms with van der Waals surface area (Å²) in [6, 6.07) is 13.8. The van der Waals surface area contributed by atoms with Crippen molar-refractivity contribution in [3.05, 3.63) is 59.7 Å². The number of esters is 1. The van der Waals surface area contributed by atoms with E-state index in [0.717, 1.165) is 18.4 Å². The summed E-state index contributed by atoms with van der Waals surface area (Å²) >= 11 is 0. The fraction of sp³-hybridized carbons (Fsp3) is 0.464. The Bertz CT molecular complexity index is 876. The van der Waals surface area contributed by atoms with Crippen LogP contribution in [-0.2, 0) is 4.79 Å². The van der Waals surface area contributed by atoms with Crippen molar-refractivity contribution >= 4 is 18.1 Å². The molecule has 0 atom stereocenters. The Morgan fingerprint density at radius 2 is 1.38 bits per heavy atom. The number of carbonyl (C=O) groups is 2. The zero-order chi connectivity index (χ0) is 24.4. The second kappa shape index (κ2) is 16.5. The molecule has 6 heteroatoms. The molecule has 0 aromatic heterocycles. The summed E-state index contributed by atoms with van der Waals surface area (Å²) in [5.41, 5.74) is 3.82. The SMILES string of the molecule is CCCCCCCCCCCC(=O)N/N=C\c1ccc(OC(=O)c2ccc(OCC)cc2)cc1. The number of benzene rings is 2. The molecule has 0 aliphatic heterocycles. The van der Waals surface area contributed by atoms with Crippen LogP contribution in [0.5, 0.6) is 11.5 Å². The summed E-state index contributed by atoms with van der Waals surface area (Å²) in [6.07, 6.45) is 13.1. The van der Waals surface area contributed by atoms with Gasteiger partial charge in [0.25, 0.3) is 0 Å². The molecule has 0 radical (unpaired) electrons. The van der Waals surface area contributed by atoms with Crippen LogP contribution in [-0.4, -0.2) is 24.7 Å². The van der Waals surface area contributed by atoms with Gasteiger partial charge in [-0.25, -0.2) is 10.2 Å². The van der Waals surface area contributed by atoms with E-state index in [1.165, 1.54) is 44.9 Å². The predicted molar refractivity (Wildman–Crippen MR) is 137 cm³/mol. The lowest BCUT2D eigenvalue weighted by molar-refractivity contribution is -0.121. The zero-order valence-electron chi connectivity index (χ0n) is 20.6. The van der Waals surface area contributed by atoms with Gasteiger partial charge in [0.1, 0.15) is 11.5 Å². The molecular weight excluding hydrogens is 428 g/mol. The molecule has 0 spiro atoms. The second-order valence-corrected chi connectivity index (χ2v) is 8.29. The molecule has 6 nitrogen and oxygen atoms in total. The zero-order valence-corrected chi connectivity index (χ0v) is 20.6. The van der Waals surface area contributed by atoms with Crippen molar-refractivity contribution in [2.24, 2.45) is 5.10 Å². The van der Waals surface area contributed by atoms with Gasteiger partial charge in [-0.3, -0.25) is 4.79 Å². The average Bonchev–Trinajstić information content (AvgIpc) is 2.85. The molecule has 2 aromatic rings. The van der Waals surface area contributed by atoms with Crippen LogP contribution in [0.3, 0.4) is 0 Å². The first-order valence-electron chi connectivity index (χ1n) is 12.5. The second-order valence-electron chi connectivity index (χ2n) is 8.29. The van der Waals surface area contributed by atoms with Crippen molar-refractivity contribution in [2.75, 3.05) is 6.61 Å². The van der Waals surface area contributed by atoms with Crippen molar-refractivity contribution in [3.8, 4) is 11.5 Å². The largest absolute Gasteiger partial charge is 0.494 e. The van der Waals surface area contributed by atoms with Crippen LogP contribution in [0.1, 0.15) is 94.0 Å². The van der Waals surface area contributed by atoms with Gasteiger partial charge in [-0.1, -0.05) is 58.3 Å². The van der Waals surface area contributed by atoms with Crippen LogP contribution in [0.15, 0.2) is 53.6 Å². The van der Waals surface area contributed by atoms with Gasteiger partial charge in [0.05, 0.1) is 18.4 Å². The highest BCUT2D eigenvalue weighted by Gasteiger charge is 2.09. The van der Waals surface area contributed by atoms with Crippen molar-refractivity contribution in [3.63, 3.8) is 0 Å². The molecular formula is C28H38N2O4. The molecule has 0 heterocycles. The Morgan fingerprint density at radius 3 is 2.00 bits per heavy atom. The Balaban J connectivity index is 1.63. The van der Waals surface area contributed by atoms with Crippen molar-refractivity contribution in [1.82, 2.24) is 5.43 Å². The molecule has 184 valence electrons. The highest BCUT2D eigenvalue weighted by Crippen LogP contribution is 2.16. The molecule has 0 unspecified atom stereocenters. The van der Waals surface area contributed by atoms with Crippen LogP contribution in [0.25, 0.3) is 0 Å². The maximum atomic E-state index is 12.3. The number of carbonyl (C=O) groups excluding carboxylic acids is 2. The fourth-order valence-corrected chi connectivity index (χ4v) is 3.47. The summed E-state index contributed by atoms with van der Waals surface area (Å²) in [5.74, 6) is 0.640. The standard InChI is InChI=1S/C28H38N2O4/c1-3-5-6-7-8-9-10-11-12-13-27(31)30-29-22-23-14-18-26(19-15-23)34-28(32)24-16-20-25(21-17-24)33-4-2/h14-22H,3-13H2,1-2H3,(H,30,31)/b29-22-. The van der Waals surface area contributed by atoms with Crippen LogP contribution >= 0.6 is 0 Å². The Labute approximate surface area is 203 Å². The molecule has 1 N–H and O–H groups in total. The third-order valence-electron chi connectivity index (χ3n) is 5.40. The molecule has 2 rings (SSSR count). The third-order valence-corrected chi connectivity index (χ3v) is 5.40. The van der Waals surface area contributed by atoms with Crippen LogP contribution in [0, 0.1) is 0 Å². The van der Waals surface area contributed by atoms with Crippen LogP contribution in [0.2, 0.25) is 0 Å².